The average Bonchev–Trinajstić information content (AvgIpc) is 2.94. The fourth-order valence-electron chi connectivity index (χ4n) is 3.65. The van der Waals surface area contributed by atoms with E-state index in [1.807, 2.05) is 0 Å². The fourth-order valence-corrected chi connectivity index (χ4v) is 4.76. The van der Waals surface area contributed by atoms with Gasteiger partial charge in [0, 0.05) is 23.2 Å². The molecule has 1 N–H and O–H groups in total. The van der Waals surface area contributed by atoms with E-state index >= 15 is 0 Å². The van der Waals surface area contributed by atoms with E-state index in [2.05, 4.69) is 33.8 Å². The monoisotopic (exact) mass is 477 g/mol. The molecule has 0 aromatic carbocycles. The number of fused-ring (bicyclic) bond motifs is 3. The molecule has 5 atom stereocenters. The van der Waals surface area contributed by atoms with Crippen LogP contribution in [0.4, 0.5) is 0 Å². The number of ether oxygens (including phenoxy) is 1. The van der Waals surface area contributed by atoms with Gasteiger partial charge in [-0.2, -0.15) is 9.78 Å². The van der Waals surface area contributed by atoms with Gasteiger partial charge in [0.25, 0.3) is 0 Å². The minimum absolute atomic E-state index is 0. The van der Waals surface area contributed by atoms with Crippen molar-refractivity contribution in [3.63, 3.8) is 0 Å². The van der Waals surface area contributed by atoms with Crippen LogP contribution in [0.15, 0.2) is 0 Å². The third-order valence-electron chi connectivity index (χ3n) is 4.47. The van der Waals surface area contributed by atoms with Crippen molar-refractivity contribution in [2.75, 3.05) is 0 Å². The zero-order valence-corrected chi connectivity index (χ0v) is 14.3. The molecule has 18 heavy (non-hydrogen) atoms. The molecular formula is C12H17I2NO3. The smallest absolute Gasteiger partial charge is 0.223 e. The maximum Gasteiger partial charge on any atom is 0.223 e. The van der Waals surface area contributed by atoms with Crippen molar-refractivity contribution in [1.29, 1.82) is 0 Å². The molecular weight excluding hydrogens is 460 g/mol. The largest absolute Gasteiger partial charge is 1.00 e. The van der Waals surface area contributed by atoms with Gasteiger partial charge in [-0.1, -0.05) is 22.6 Å². The lowest BCUT2D eigenvalue weighted by molar-refractivity contribution is -0.501. The Morgan fingerprint density at radius 3 is 2.83 bits per heavy atom. The average molecular weight is 477 g/mol. The molecule has 2 saturated carbocycles. The van der Waals surface area contributed by atoms with Crippen LogP contribution in [0.3, 0.4) is 0 Å². The molecule has 2 spiro atoms. The summed E-state index contributed by atoms with van der Waals surface area (Å²) in [6.45, 7) is 0. The predicted octanol–water partition coefficient (Wildman–Crippen LogP) is -2.32. The molecule has 6 heteroatoms. The van der Waals surface area contributed by atoms with Crippen molar-refractivity contribution in [2.24, 2.45) is 5.92 Å². The third-order valence-corrected chi connectivity index (χ3v) is 5.53. The van der Waals surface area contributed by atoms with E-state index in [4.69, 9.17) is 14.5 Å². The highest BCUT2D eigenvalue weighted by molar-refractivity contribution is 14.1. The van der Waals surface area contributed by atoms with Crippen LogP contribution in [0.2, 0.25) is 0 Å². The second-order valence-corrected chi connectivity index (χ2v) is 7.52. The molecule has 2 heterocycles. The van der Waals surface area contributed by atoms with Gasteiger partial charge in [0.2, 0.25) is 11.6 Å². The maximum absolute atomic E-state index is 6.32. The van der Waals surface area contributed by atoms with E-state index in [1.54, 1.807) is 0 Å². The van der Waals surface area contributed by atoms with Gasteiger partial charge in [-0.05, 0) is 12.8 Å². The number of hydrogen-bond acceptors (Lipinski definition) is 3. The minimum atomic E-state index is -0.483. The summed E-state index contributed by atoms with van der Waals surface area (Å²) in [6, 6.07) is 0.512. The van der Waals surface area contributed by atoms with Crippen LogP contribution >= 0.6 is 22.6 Å². The second kappa shape index (κ2) is 4.78. The molecule has 0 radical (unpaired) electrons. The quantitative estimate of drug-likeness (QED) is 0.242. The van der Waals surface area contributed by atoms with Crippen molar-refractivity contribution in [3.05, 3.63) is 0 Å². The van der Waals surface area contributed by atoms with Gasteiger partial charge in [-0.15, -0.1) is 0 Å². The Bertz CT molecular complexity index is 380. The molecule has 102 valence electrons. The number of halogens is 2. The van der Waals surface area contributed by atoms with Gasteiger partial charge >= 0.3 is 0 Å². The first-order valence-corrected chi connectivity index (χ1v) is 7.75. The van der Waals surface area contributed by atoms with Gasteiger partial charge in [0.05, 0.1) is 12.3 Å². The van der Waals surface area contributed by atoms with Crippen LogP contribution in [0.5, 0.6) is 0 Å². The third kappa shape index (κ3) is 2.06. The van der Waals surface area contributed by atoms with Crippen molar-refractivity contribution in [3.8, 4) is 0 Å². The lowest BCUT2D eigenvalue weighted by Gasteiger charge is -2.33. The van der Waals surface area contributed by atoms with Gasteiger partial charge < -0.3 is 28.7 Å². The van der Waals surface area contributed by atoms with E-state index < -0.39 is 11.6 Å². The number of alkyl halides is 1. The molecule has 2 aliphatic heterocycles. The Morgan fingerprint density at radius 2 is 2.17 bits per heavy atom. The van der Waals surface area contributed by atoms with Crippen LogP contribution < -0.4 is 29.0 Å². The number of nitrogens with one attached hydrogen (secondary N) is 1. The first-order chi connectivity index (χ1) is 8.20. The van der Waals surface area contributed by atoms with Gasteiger partial charge in [0.15, 0.2) is 6.04 Å². The van der Waals surface area contributed by atoms with Gasteiger partial charge in [-0.25, -0.2) is 4.99 Å². The number of hydrogen-bond donors (Lipinski definition) is 1. The molecule has 2 aliphatic carbocycles. The minimum Gasteiger partial charge on any atom is -1.00 e. The second-order valence-electron chi connectivity index (χ2n) is 5.76. The Hall–Kier alpha value is 1.01. The molecule has 5 unspecified atom stereocenters. The van der Waals surface area contributed by atoms with Crippen molar-refractivity contribution in [2.45, 2.75) is 60.1 Å². The summed E-state index contributed by atoms with van der Waals surface area (Å²) in [6.07, 6.45) is 8.53. The first-order valence-electron chi connectivity index (χ1n) is 6.50. The van der Waals surface area contributed by atoms with Crippen LogP contribution in [0, 0.1) is 5.92 Å². The normalized spacial score (nSPS) is 53.3. The summed E-state index contributed by atoms with van der Waals surface area (Å²) in [5.41, 5.74) is 0. The topological polar surface area (TPSA) is 41.7 Å². The van der Waals surface area contributed by atoms with Crippen LogP contribution in [-0.2, 0) is 14.5 Å². The zero-order valence-electron chi connectivity index (χ0n) is 10.0. The van der Waals surface area contributed by atoms with E-state index in [-0.39, 0.29) is 24.0 Å². The van der Waals surface area contributed by atoms with Gasteiger partial charge in [0.1, 0.15) is 6.21 Å². The number of rotatable bonds is 0. The summed E-state index contributed by atoms with van der Waals surface area (Å²) >= 11 is 2.50. The molecule has 0 aromatic rings. The van der Waals surface area contributed by atoms with E-state index in [9.17, 15) is 0 Å². The lowest BCUT2D eigenvalue weighted by atomic mass is 9.93. The van der Waals surface area contributed by atoms with Crippen LogP contribution in [-0.4, -0.2) is 27.8 Å². The molecule has 0 amide bonds. The molecule has 3 fully saturated rings. The first kappa shape index (κ1) is 14.0. The SMILES string of the molecule is IC1CCCC2(C1)OOC1(CC3CC1C=[NH+]3)O2.[I-]. The highest BCUT2D eigenvalue weighted by Gasteiger charge is 2.65. The Kier molecular flexibility index (Phi) is 3.71. The Morgan fingerprint density at radius 1 is 1.28 bits per heavy atom. The summed E-state index contributed by atoms with van der Waals surface area (Å²) in [4.78, 5) is 14.7. The molecule has 4 aliphatic rings. The van der Waals surface area contributed by atoms with Gasteiger partial charge in [-0.3, -0.25) is 0 Å². The van der Waals surface area contributed by atoms with Crippen LogP contribution in [0.25, 0.3) is 0 Å². The molecule has 0 aromatic heterocycles. The summed E-state index contributed by atoms with van der Waals surface area (Å²) in [5.74, 6) is -0.590. The summed E-state index contributed by atoms with van der Waals surface area (Å²) in [5, 5.41) is 0. The van der Waals surface area contributed by atoms with Crippen molar-refractivity contribution < 1.29 is 43.5 Å². The Labute approximate surface area is 137 Å². The highest BCUT2D eigenvalue weighted by atomic mass is 127. The Balaban J connectivity index is 0.000001000. The van der Waals surface area contributed by atoms with E-state index in [0.29, 0.717) is 15.9 Å². The molecule has 1 saturated heterocycles. The standard InChI is InChI=1S/C12H16INO3.HI/c13-9-2-1-3-11(5-9)15-12(17-16-11)6-10-4-8(12)7-14-10;/h7-10H,1-6H2;1H. The zero-order chi connectivity index (χ0) is 11.5. The highest BCUT2D eigenvalue weighted by Crippen LogP contribution is 2.51. The fraction of sp³-hybridized carbons (Fsp3) is 0.917. The van der Waals surface area contributed by atoms with Crippen molar-refractivity contribution >= 4 is 28.8 Å². The summed E-state index contributed by atoms with van der Waals surface area (Å²) < 4.78 is 6.96. The predicted molar refractivity (Wildman–Crippen MR) is 68.5 cm³/mol. The van der Waals surface area contributed by atoms with Crippen molar-refractivity contribution in [1.82, 2.24) is 0 Å². The lowest BCUT2D eigenvalue weighted by Crippen LogP contribution is -3.00. The van der Waals surface area contributed by atoms with E-state index in [1.165, 1.54) is 12.8 Å². The molecule has 4 nitrogen and oxygen atoms in total. The van der Waals surface area contributed by atoms with Crippen LogP contribution in [0.1, 0.15) is 38.5 Å². The molecule has 2 bridgehead atoms. The van der Waals surface area contributed by atoms with E-state index in [0.717, 1.165) is 25.7 Å². The molecule has 4 rings (SSSR count). The summed E-state index contributed by atoms with van der Waals surface area (Å²) in [7, 11) is 0. The maximum atomic E-state index is 6.32.